The van der Waals surface area contributed by atoms with E-state index < -0.39 is 15.9 Å². The van der Waals surface area contributed by atoms with Crippen molar-refractivity contribution in [2.75, 3.05) is 38.5 Å². The zero-order valence-corrected chi connectivity index (χ0v) is 15.2. The summed E-state index contributed by atoms with van der Waals surface area (Å²) in [5.41, 5.74) is 0.606. The minimum atomic E-state index is -3.54. The Hall–Kier alpha value is -2.06. The van der Waals surface area contributed by atoms with Gasteiger partial charge in [0.1, 0.15) is 6.42 Å². The van der Waals surface area contributed by atoms with E-state index in [4.69, 9.17) is 5.26 Å². The van der Waals surface area contributed by atoms with Crippen LogP contribution < -0.4 is 5.32 Å². The number of carbonyl (C=O) groups excluding carboxylic acids is 1. The van der Waals surface area contributed by atoms with Crippen molar-refractivity contribution in [1.29, 1.82) is 5.26 Å². The van der Waals surface area contributed by atoms with Crippen LogP contribution >= 0.6 is 11.3 Å². The molecule has 132 valence electrons. The predicted octanol–water partition coefficient (Wildman–Crippen LogP) is 1.08. The van der Waals surface area contributed by atoms with Gasteiger partial charge in [-0.3, -0.25) is 4.79 Å². The lowest BCUT2D eigenvalue weighted by Gasteiger charge is -2.31. The fraction of sp³-hybridized carbons (Fsp3) is 0.400. The highest BCUT2D eigenvalue weighted by Crippen LogP contribution is 2.29. The number of sulfonamides is 1. The quantitative estimate of drug-likeness (QED) is 0.852. The van der Waals surface area contributed by atoms with Gasteiger partial charge in [-0.05, 0) is 25.2 Å². The molecular formula is C15H17N5O3S2. The van der Waals surface area contributed by atoms with Gasteiger partial charge in [-0.2, -0.15) is 9.57 Å². The number of piperazine rings is 1. The number of amides is 1. The van der Waals surface area contributed by atoms with Crippen LogP contribution in [0.1, 0.15) is 6.42 Å². The van der Waals surface area contributed by atoms with Crippen LogP contribution in [0.2, 0.25) is 0 Å². The number of anilines is 1. The van der Waals surface area contributed by atoms with Crippen LogP contribution in [0.25, 0.3) is 10.2 Å². The third-order valence-corrected chi connectivity index (χ3v) is 6.77. The molecule has 0 spiro atoms. The lowest BCUT2D eigenvalue weighted by atomic mass is 10.3. The molecule has 0 saturated carbocycles. The van der Waals surface area contributed by atoms with E-state index in [0.717, 1.165) is 0 Å². The van der Waals surface area contributed by atoms with Crippen LogP contribution in [0.5, 0.6) is 0 Å². The maximum absolute atomic E-state index is 12.8. The Morgan fingerprint density at radius 3 is 2.76 bits per heavy atom. The molecule has 3 rings (SSSR count). The predicted molar refractivity (Wildman–Crippen MR) is 94.7 cm³/mol. The highest BCUT2D eigenvalue weighted by Gasteiger charge is 2.27. The minimum absolute atomic E-state index is 0.225. The van der Waals surface area contributed by atoms with Crippen molar-refractivity contribution in [1.82, 2.24) is 14.2 Å². The molecule has 0 bridgehead atoms. The molecule has 2 aromatic rings. The Morgan fingerprint density at radius 1 is 1.36 bits per heavy atom. The van der Waals surface area contributed by atoms with Gasteiger partial charge in [-0.1, -0.05) is 11.3 Å². The van der Waals surface area contributed by atoms with Gasteiger partial charge in [0.15, 0.2) is 5.13 Å². The van der Waals surface area contributed by atoms with E-state index in [-0.39, 0.29) is 11.3 Å². The van der Waals surface area contributed by atoms with Crippen LogP contribution in [-0.4, -0.2) is 61.7 Å². The van der Waals surface area contributed by atoms with Gasteiger partial charge in [0.25, 0.3) is 0 Å². The summed E-state index contributed by atoms with van der Waals surface area (Å²) in [6, 6.07) is 6.52. The Bertz CT molecular complexity index is 940. The van der Waals surface area contributed by atoms with Crippen molar-refractivity contribution in [2.45, 2.75) is 11.3 Å². The van der Waals surface area contributed by atoms with Gasteiger partial charge < -0.3 is 10.2 Å². The highest BCUT2D eigenvalue weighted by atomic mass is 32.2. The third kappa shape index (κ3) is 3.80. The monoisotopic (exact) mass is 379 g/mol. The second-order valence-corrected chi connectivity index (χ2v) is 8.71. The first-order chi connectivity index (χ1) is 11.9. The number of fused-ring (bicyclic) bond motifs is 1. The van der Waals surface area contributed by atoms with Gasteiger partial charge >= 0.3 is 0 Å². The van der Waals surface area contributed by atoms with Gasteiger partial charge in [-0.25, -0.2) is 13.4 Å². The molecule has 0 atom stereocenters. The molecule has 1 saturated heterocycles. The Morgan fingerprint density at radius 2 is 2.08 bits per heavy atom. The standard InChI is InChI=1S/C15H17N5O3S2/c1-19-6-8-20(9-7-19)25(22,23)11-2-3-12-13(10-11)24-15(17-12)18-14(21)4-5-16/h2-3,10H,4,6-9H2,1H3,(H,17,18,21). The average Bonchev–Trinajstić information content (AvgIpc) is 2.96. The molecule has 2 heterocycles. The number of carbonyl (C=O) groups is 1. The highest BCUT2D eigenvalue weighted by molar-refractivity contribution is 7.89. The van der Waals surface area contributed by atoms with Crippen LogP contribution in [0.4, 0.5) is 5.13 Å². The van der Waals surface area contributed by atoms with Crippen molar-refractivity contribution < 1.29 is 13.2 Å². The number of hydrogen-bond donors (Lipinski definition) is 1. The van der Waals surface area contributed by atoms with Crippen molar-refractivity contribution in [3.8, 4) is 6.07 Å². The van der Waals surface area contributed by atoms with E-state index in [1.165, 1.54) is 21.7 Å². The van der Waals surface area contributed by atoms with E-state index in [2.05, 4.69) is 15.2 Å². The SMILES string of the molecule is CN1CCN(S(=O)(=O)c2ccc3nc(NC(=O)CC#N)sc3c2)CC1. The summed E-state index contributed by atoms with van der Waals surface area (Å²) in [5.74, 6) is -0.438. The summed E-state index contributed by atoms with van der Waals surface area (Å²) >= 11 is 1.19. The molecule has 8 nitrogen and oxygen atoms in total. The van der Waals surface area contributed by atoms with E-state index >= 15 is 0 Å². The van der Waals surface area contributed by atoms with Crippen molar-refractivity contribution in [3.05, 3.63) is 18.2 Å². The molecule has 0 radical (unpaired) electrons. The number of likely N-dealkylation sites (N-methyl/N-ethyl adjacent to an activating group) is 1. The van der Waals surface area contributed by atoms with E-state index in [1.807, 2.05) is 7.05 Å². The number of aromatic nitrogens is 1. The Kier molecular flexibility index (Phi) is 5.01. The molecular weight excluding hydrogens is 362 g/mol. The molecule has 1 aromatic carbocycles. The summed E-state index contributed by atoms with van der Waals surface area (Å²) in [6.07, 6.45) is -0.251. The normalized spacial score (nSPS) is 16.6. The number of nitriles is 1. The number of thiazole rings is 1. The van der Waals surface area contributed by atoms with Gasteiger partial charge in [0, 0.05) is 26.2 Å². The maximum atomic E-state index is 12.8. The number of benzene rings is 1. The molecule has 0 aliphatic carbocycles. The number of nitrogens with zero attached hydrogens (tertiary/aromatic N) is 4. The van der Waals surface area contributed by atoms with Crippen molar-refractivity contribution >= 4 is 42.6 Å². The maximum Gasteiger partial charge on any atom is 0.243 e. The van der Waals surface area contributed by atoms with Crippen LogP contribution in [-0.2, 0) is 14.8 Å². The molecule has 1 aromatic heterocycles. The Balaban J connectivity index is 1.85. The molecule has 1 aliphatic rings. The van der Waals surface area contributed by atoms with Crippen molar-refractivity contribution in [2.24, 2.45) is 0 Å². The molecule has 1 amide bonds. The average molecular weight is 379 g/mol. The molecule has 1 fully saturated rings. The van der Waals surface area contributed by atoms with E-state index in [1.54, 1.807) is 18.2 Å². The first-order valence-electron chi connectivity index (χ1n) is 7.66. The number of hydrogen-bond acceptors (Lipinski definition) is 7. The van der Waals surface area contributed by atoms with E-state index in [0.29, 0.717) is 41.5 Å². The lowest BCUT2D eigenvalue weighted by Crippen LogP contribution is -2.46. The smallest absolute Gasteiger partial charge is 0.243 e. The molecule has 1 aliphatic heterocycles. The largest absolute Gasteiger partial charge is 0.304 e. The summed E-state index contributed by atoms with van der Waals surface area (Å²) in [4.78, 5) is 18.0. The van der Waals surface area contributed by atoms with Crippen molar-refractivity contribution in [3.63, 3.8) is 0 Å². The number of nitrogens with one attached hydrogen (secondary N) is 1. The summed E-state index contributed by atoms with van der Waals surface area (Å²) in [7, 11) is -1.58. The van der Waals surface area contributed by atoms with Crippen LogP contribution in [0, 0.1) is 11.3 Å². The summed E-state index contributed by atoms with van der Waals surface area (Å²) in [6.45, 7) is 2.35. The van der Waals surface area contributed by atoms with Gasteiger partial charge in [0.05, 0.1) is 21.2 Å². The molecule has 0 unspecified atom stereocenters. The lowest BCUT2D eigenvalue weighted by molar-refractivity contribution is -0.115. The Labute approximate surface area is 149 Å². The second kappa shape index (κ2) is 7.05. The third-order valence-electron chi connectivity index (χ3n) is 3.95. The first kappa shape index (κ1) is 17.8. The number of rotatable bonds is 4. The topological polar surface area (TPSA) is 106 Å². The summed E-state index contributed by atoms with van der Waals surface area (Å²) in [5, 5.41) is 11.4. The molecule has 10 heteroatoms. The van der Waals surface area contributed by atoms with Gasteiger partial charge in [0.2, 0.25) is 15.9 Å². The zero-order valence-electron chi connectivity index (χ0n) is 13.6. The second-order valence-electron chi connectivity index (χ2n) is 5.74. The van der Waals surface area contributed by atoms with Crippen LogP contribution in [0.15, 0.2) is 23.1 Å². The van der Waals surface area contributed by atoms with Crippen LogP contribution in [0.3, 0.4) is 0 Å². The van der Waals surface area contributed by atoms with E-state index in [9.17, 15) is 13.2 Å². The molecule has 25 heavy (non-hydrogen) atoms. The first-order valence-corrected chi connectivity index (χ1v) is 9.92. The fourth-order valence-corrected chi connectivity index (χ4v) is 4.98. The fourth-order valence-electron chi connectivity index (χ4n) is 2.53. The minimum Gasteiger partial charge on any atom is -0.304 e. The van der Waals surface area contributed by atoms with Gasteiger partial charge in [-0.15, -0.1) is 0 Å². The summed E-state index contributed by atoms with van der Waals surface area (Å²) < 4.78 is 27.7. The molecule has 1 N–H and O–H groups in total. The zero-order chi connectivity index (χ0) is 18.0.